The molecule has 5 heteroatoms. The average Bonchev–Trinajstić information content (AvgIpc) is 3.05. The van der Waals surface area contributed by atoms with Gasteiger partial charge in [0.25, 0.3) is 0 Å². The van der Waals surface area contributed by atoms with Gasteiger partial charge >= 0.3 is 6.03 Å². The predicted octanol–water partition coefficient (Wildman–Crippen LogP) is 4.14. The molecule has 2 amide bonds. The highest BCUT2D eigenvalue weighted by Crippen LogP contribution is 2.20. The van der Waals surface area contributed by atoms with Crippen LogP contribution in [0.5, 0.6) is 5.75 Å². The van der Waals surface area contributed by atoms with E-state index in [0.717, 1.165) is 11.3 Å². The van der Waals surface area contributed by atoms with E-state index in [-0.39, 0.29) is 11.8 Å². The molecule has 3 rings (SSSR count). The summed E-state index contributed by atoms with van der Waals surface area (Å²) in [5, 5.41) is 14.9. The second-order valence-electron chi connectivity index (χ2n) is 5.22. The Labute approximate surface area is 134 Å². The SMILES string of the molecule is Cc1cc(O)ccc1NC(=O)Nc1ccc(-n2cccc2)cc1. The third kappa shape index (κ3) is 3.52. The van der Waals surface area contributed by atoms with Crippen LogP contribution >= 0.6 is 0 Å². The van der Waals surface area contributed by atoms with Crippen LogP contribution in [0.4, 0.5) is 16.2 Å². The number of anilines is 2. The maximum Gasteiger partial charge on any atom is 0.323 e. The van der Waals surface area contributed by atoms with Crippen LogP contribution in [0.25, 0.3) is 5.69 Å². The molecule has 0 atom stereocenters. The molecule has 0 spiro atoms. The zero-order valence-corrected chi connectivity index (χ0v) is 12.7. The Hall–Kier alpha value is -3.21. The van der Waals surface area contributed by atoms with Gasteiger partial charge in [-0.2, -0.15) is 0 Å². The summed E-state index contributed by atoms with van der Waals surface area (Å²) in [7, 11) is 0. The number of nitrogens with zero attached hydrogens (tertiary/aromatic N) is 1. The minimum absolute atomic E-state index is 0.175. The van der Waals surface area contributed by atoms with Crippen LogP contribution in [0.2, 0.25) is 0 Å². The molecular weight excluding hydrogens is 290 g/mol. The quantitative estimate of drug-likeness (QED) is 0.637. The number of nitrogens with one attached hydrogen (secondary N) is 2. The zero-order valence-electron chi connectivity index (χ0n) is 12.7. The number of rotatable bonds is 3. The van der Waals surface area contributed by atoms with Gasteiger partial charge in [-0.15, -0.1) is 0 Å². The highest BCUT2D eigenvalue weighted by atomic mass is 16.3. The summed E-state index contributed by atoms with van der Waals surface area (Å²) in [5.74, 6) is 0.175. The molecule has 3 aromatic rings. The Morgan fingerprint density at radius 3 is 2.35 bits per heavy atom. The minimum Gasteiger partial charge on any atom is -0.508 e. The van der Waals surface area contributed by atoms with E-state index in [2.05, 4.69) is 10.6 Å². The normalized spacial score (nSPS) is 10.3. The molecule has 0 unspecified atom stereocenters. The number of urea groups is 1. The number of carbonyl (C=O) groups is 1. The first-order chi connectivity index (χ1) is 11.1. The molecular formula is C18H17N3O2. The van der Waals surface area contributed by atoms with Crippen molar-refractivity contribution in [2.24, 2.45) is 0 Å². The fraction of sp³-hybridized carbons (Fsp3) is 0.0556. The van der Waals surface area contributed by atoms with Gasteiger partial charge in [0, 0.05) is 29.5 Å². The van der Waals surface area contributed by atoms with Gasteiger partial charge in [0.2, 0.25) is 0 Å². The first-order valence-corrected chi connectivity index (χ1v) is 7.23. The fourth-order valence-electron chi connectivity index (χ4n) is 2.30. The lowest BCUT2D eigenvalue weighted by molar-refractivity contribution is 0.262. The lowest BCUT2D eigenvalue weighted by Gasteiger charge is -2.11. The molecule has 0 aliphatic heterocycles. The fourth-order valence-corrected chi connectivity index (χ4v) is 2.30. The van der Waals surface area contributed by atoms with E-state index in [4.69, 9.17) is 0 Å². The highest BCUT2D eigenvalue weighted by Gasteiger charge is 2.06. The molecule has 23 heavy (non-hydrogen) atoms. The molecule has 0 radical (unpaired) electrons. The summed E-state index contributed by atoms with van der Waals surface area (Å²) in [5.41, 5.74) is 3.18. The molecule has 0 saturated heterocycles. The van der Waals surface area contributed by atoms with Crippen LogP contribution in [0.1, 0.15) is 5.56 Å². The number of benzene rings is 2. The Kier molecular flexibility index (Phi) is 4.01. The van der Waals surface area contributed by atoms with Crippen molar-refractivity contribution < 1.29 is 9.90 Å². The van der Waals surface area contributed by atoms with Crippen LogP contribution in [0, 0.1) is 6.92 Å². The number of amides is 2. The first kappa shape index (κ1) is 14.7. The van der Waals surface area contributed by atoms with Gasteiger partial charge in [0.15, 0.2) is 0 Å². The average molecular weight is 307 g/mol. The van der Waals surface area contributed by atoms with E-state index in [1.54, 1.807) is 12.1 Å². The molecule has 5 nitrogen and oxygen atoms in total. The first-order valence-electron chi connectivity index (χ1n) is 7.23. The number of hydrogen-bond acceptors (Lipinski definition) is 2. The lowest BCUT2D eigenvalue weighted by Crippen LogP contribution is -2.19. The third-order valence-electron chi connectivity index (χ3n) is 3.49. The lowest BCUT2D eigenvalue weighted by atomic mass is 10.2. The van der Waals surface area contributed by atoms with Crippen LogP contribution in [0.15, 0.2) is 67.0 Å². The summed E-state index contributed by atoms with van der Waals surface area (Å²) in [4.78, 5) is 12.0. The van der Waals surface area contributed by atoms with Crippen LogP contribution in [-0.4, -0.2) is 15.7 Å². The van der Waals surface area contributed by atoms with E-state index in [1.807, 2.05) is 60.3 Å². The van der Waals surface area contributed by atoms with Crippen molar-refractivity contribution >= 4 is 17.4 Å². The van der Waals surface area contributed by atoms with Gasteiger partial charge in [0.05, 0.1) is 0 Å². The molecule has 1 heterocycles. The van der Waals surface area contributed by atoms with Gasteiger partial charge in [0.1, 0.15) is 5.75 Å². The van der Waals surface area contributed by atoms with E-state index < -0.39 is 0 Å². The van der Waals surface area contributed by atoms with Gasteiger partial charge in [-0.05, 0) is 67.1 Å². The summed E-state index contributed by atoms with van der Waals surface area (Å²) in [6.07, 6.45) is 3.92. The molecule has 0 aliphatic carbocycles. The number of aryl methyl sites for hydroxylation is 1. The number of phenols is 1. The van der Waals surface area contributed by atoms with Crippen molar-refractivity contribution in [1.29, 1.82) is 0 Å². The standard InChI is InChI=1S/C18H17N3O2/c1-13-12-16(22)8-9-17(13)20-18(23)19-14-4-6-15(7-5-14)21-10-2-3-11-21/h2-12,22H,1H3,(H2,19,20,23). The molecule has 0 bridgehead atoms. The van der Waals surface area contributed by atoms with E-state index in [0.29, 0.717) is 11.4 Å². The van der Waals surface area contributed by atoms with Gasteiger partial charge in [-0.3, -0.25) is 0 Å². The number of aromatic nitrogens is 1. The van der Waals surface area contributed by atoms with Crippen molar-refractivity contribution in [3.05, 3.63) is 72.6 Å². The molecule has 116 valence electrons. The van der Waals surface area contributed by atoms with Crippen LogP contribution in [0.3, 0.4) is 0 Å². The van der Waals surface area contributed by atoms with Crippen molar-refractivity contribution in [2.45, 2.75) is 6.92 Å². The molecule has 2 aromatic carbocycles. The Morgan fingerprint density at radius 1 is 1.00 bits per heavy atom. The predicted molar refractivity (Wildman–Crippen MR) is 91.3 cm³/mol. The largest absolute Gasteiger partial charge is 0.508 e. The van der Waals surface area contributed by atoms with Crippen molar-refractivity contribution in [3.8, 4) is 11.4 Å². The smallest absolute Gasteiger partial charge is 0.323 e. The van der Waals surface area contributed by atoms with Crippen LogP contribution < -0.4 is 10.6 Å². The maximum atomic E-state index is 12.0. The molecule has 0 fully saturated rings. The molecule has 0 saturated carbocycles. The van der Waals surface area contributed by atoms with E-state index >= 15 is 0 Å². The van der Waals surface area contributed by atoms with E-state index in [9.17, 15) is 9.90 Å². The van der Waals surface area contributed by atoms with Gasteiger partial charge in [-0.25, -0.2) is 4.79 Å². The van der Waals surface area contributed by atoms with Crippen molar-refractivity contribution in [1.82, 2.24) is 4.57 Å². The highest BCUT2D eigenvalue weighted by molar-refractivity contribution is 6.00. The topological polar surface area (TPSA) is 66.3 Å². The second kappa shape index (κ2) is 6.27. The second-order valence-corrected chi connectivity index (χ2v) is 5.22. The molecule has 3 N–H and O–H groups in total. The van der Waals surface area contributed by atoms with Crippen molar-refractivity contribution in [3.63, 3.8) is 0 Å². The molecule has 0 aliphatic rings. The number of carbonyl (C=O) groups excluding carboxylic acids is 1. The zero-order chi connectivity index (χ0) is 16.2. The Bertz CT molecular complexity index is 809. The summed E-state index contributed by atoms with van der Waals surface area (Å²) in [6, 6.07) is 15.9. The third-order valence-corrected chi connectivity index (χ3v) is 3.49. The number of hydrogen-bond donors (Lipinski definition) is 3. The summed E-state index contributed by atoms with van der Waals surface area (Å²) < 4.78 is 1.99. The Morgan fingerprint density at radius 2 is 1.70 bits per heavy atom. The van der Waals surface area contributed by atoms with E-state index in [1.165, 1.54) is 6.07 Å². The Balaban J connectivity index is 1.66. The van der Waals surface area contributed by atoms with Gasteiger partial charge < -0.3 is 20.3 Å². The minimum atomic E-state index is -0.326. The maximum absolute atomic E-state index is 12.0. The number of aromatic hydroxyl groups is 1. The van der Waals surface area contributed by atoms with Crippen LogP contribution in [-0.2, 0) is 0 Å². The van der Waals surface area contributed by atoms with Crippen molar-refractivity contribution in [2.75, 3.05) is 10.6 Å². The summed E-state index contributed by atoms with van der Waals surface area (Å²) in [6.45, 7) is 1.82. The summed E-state index contributed by atoms with van der Waals surface area (Å²) >= 11 is 0. The number of phenolic OH excluding ortho intramolecular Hbond substituents is 1. The molecule has 1 aromatic heterocycles. The van der Waals surface area contributed by atoms with Gasteiger partial charge in [-0.1, -0.05) is 0 Å². The monoisotopic (exact) mass is 307 g/mol.